The lowest BCUT2D eigenvalue weighted by Gasteiger charge is -2.09. The molecule has 5 heteroatoms. The van der Waals surface area contributed by atoms with Gasteiger partial charge in [0.15, 0.2) is 0 Å². The highest BCUT2D eigenvalue weighted by molar-refractivity contribution is 7.12. The molecular weight excluding hydrogens is 354 g/mol. The molecule has 0 aliphatic carbocycles. The molecule has 0 saturated heterocycles. The lowest BCUT2D eigenvalue weighted by molar-refractivity contribution is 0.0956. The van der Waals surface area contributed by atoms with Gasteiger partial charge in [-0.15, -0.1) is 11.3 Å². The smallest absolute Gasteiger partial charge is 0.267 e. The zero-order chi connectivity index (χ0) is 18.6. The SMILES string of the molecule is C/C(=N\NC(=O)c1cc(-c2ccccc2)nc2ccccc12)c1cccs1. The van der Waals surface area contributed by atoms with Crippen LogP contribution in [0, 0.1) is 0 Å². The Morgan fingerprint density at radius 1 is 1.00 bits per heavy atom. The van der Waals surface area contributed by atoms with Gasteiger partial charge >= 0.3 is 0 Å². The minimum absolute atomic E-state index is 0.248. The van der Waals surface area contributed by atoms with Crippen molar-refractivity contribution in [1.29, 1.82) is 0 Å². The van der Waals surface area contributed by atoms with Crippen molar-refractivity contribution in [3.63, 3.8) is 0 Å². The van der Waals surface area contributed by atoms with E-state index in [9.17, 15) is 4.79 Å². The summed E-state index contributed by atoms with van der Waals surface area (Å²) < 4.78 is 0. The van der Waals surface area contributed by atoms with E-state index >= 15 is 0 Å². The fourth-order valence-corrected chi connectivity index (χ4v) is 3.53. The first-order valence-electron chi connectivity index (χ1n) is 8.56. The molecule has 0 fully saturated rings. The van der Waals surface area contributed by atoms with Gasteiger partial charge < -0.3 is 0 Å². The fourth-order valence-electron chi connectivity index (χ4n) is 2.85. The lowest BCUT2D eigenvalue weighted by Crippen LogP contribution is -2.19. The Kier molecular flexibility index (Phi) is 4.77. The van der Waals surface area contributed by atoms with Gasteiger partial charge in [-0.2, -0.15) is 5.10 Å². The van der Waals surface area contributed by atoms with Crippen LogP contribution < -0.4 is 5.43 Å². The predicted octanol–water partition coefficient (Wildman–Crippen LogP) is 5.12. The Labute approximate surface area is 161 Å². The van der Waals surface area contributed by atoms with E-state index in [2.05, 4.69) is 10.5 Å². The van der Waals surface area contributed by atoms with E-state index in [1.165, 1.54) is 0 Å². The van der Waals surface area contributed by atoms with Crippen LogP contribution in [-0.4, -0.2) is 16.6 Å². The number of hydrogen-bond donors (Lipinski definition) is 1. The summed E-state index contributed by atoms with van der Waals surface area (Å²) in [4.78, 5) is 18.6. The van der Waals surface area contributed by atoms with Crippen molar-refractivity contribution >= 4 is 33.9 Å². The summed E-state index contributed by atoms with van der Waals surface area (Å²) in [6.07, 6.45) is 0. The first-order valence-corrected chi connectivity index (χ1v) is 9.44. The number of pyridine rings is 1. The molecule has 0 aliphatic heterocycles. The molecule has 0 radical (unpaired) electrons. The third-order valence-corrected chi connectivity index (χ3v) is 5.21. The van der Waals surface area contributed by atoms with E-state index in [0.29, 0.717) is 5.56 Å². The maximum atomic E-state index is 12.9. The lowest BCUT2D eigenvalue weighted by atomic mass is 10.0. The molecule has 2 heterocycles. The second kappa shape index (κ2) is 7.51. The monoisotopic (exact) mass is 371 g/mol. The Morgan fingerprint density at radius 2 is 1.78 bits per heavy atom. The van der Waals surface area contributed by atoms with Crippen molar-refractivity contribution in [3.8, 4) is 11.3 Å². The fraction of sp³-hybridized carbons (Fsp3) is 0.0455. The van der Waals surface area contributed by atoms with E-state index in [0.717, 1.165) is 32.7 Å². The normalized spacial score (nSPS) is 11.5. The van der Waals surface area contributed by atoms with Gasteiger partial charge in [-0.1, -0.05) is 54.6 Å². The molecule has 2 aromatic carbocycles. The second-order valence-corrected chi connectivity index (χ2v) is 7.00. The number of carbonyl (C=O) groups is 1. The van der Waals surface area contributed by atoms with Crippen molar-refractivity contribution in [3.05, 3.63) is 88.6 Å². The number of para-hydroxylation sites is 1. The van der Waals surface area contributed by atoms with Crippen molar-refractivity contribution in [2.24, 2.45) is 5.10 Å². The summed E-state index contributed by atoms with van der Waals surface area (Å²) in [5.41, 5.74) is 6.53. The Morgan fingerprint density at radius 3 is 2.56 bits per heavy atom. The number of nitrogens with zero attached hydrogens (tertiary/aromatic N) is 2. The largest absolute Gasteiger partial charge is 0.272 e. The molecule has 0 spiro atoms. The van der Waals surface area contributed by atoms with Crippen molar-refractivity contribution in [1.82, 2.24) is 10.4 Å². The van der Waals surface area contributed by atoms with Gasteiger partial charge in [0, 0.05) is 15.8 Å². The van der Waals surface area contributed by atoms with Crippen LogP contribution in [0.1, 0.15) is 22.2 Å². The van der Waals surface area contributed by atoms with E-state index in [4.69, 9.17) is 4.98 Å². The van der Waals surface area contributed by atoms with Gasteiger partial charge in [-0.05, 0) is 30.5 Å². The number of hydrazone groups is 1. The average molecular weight is 371 g/mol. The maximum Gasteiger partial charge on any atom is 0.272 e. The standard InChI is InChI=1S/C22H17N3OS/c1-15(21-12-7-13-27-21)24-25-22(26)18-14-20(16-8-3-2-4-9-16)23-19-11-6-5-10-17(18)19/h2-14H,1H3,(H,25,26)/b24-15+. The van der Waals surface area contributed by atoms with Crippen LogP contribution in [0.3, 0.4) is 0 Å². The van der Waals surface area contributed by atoms with Crippen LogP contribution in [0.5, 0.6) is 0 Å². The van der Waals surface area contributed by atoms with Gasteiger partial charge in [-0.3, -0.25) is 4.79 Å². The maximum absolute atomic E-state index is 12.9. The molecule has 0 aliphatic rings. The van der Waals surface area contributed by atoms with Crippen LogP contribution in [0.2, 0.25) is 0 Å². The number of thiophene rings is 1. The molecule has 4 rings (SSSR count). The quantitative estimate of drug-likeness (QED) is 0.400. The van der Waals surface area contributed by atoms with Crippen molar-refractivity contribution in [2.75, 3.05) is 0 Å². The summed E-state index contributed by atoms with van der Waals surface area (Å²) in [5.74, 6) is -0.248. The summed E-state index contributed by atoms with van der Waals surface area (Å²) >= 11 is 1.59. The number of fused-ring (bicyclic) bond motifs is 1. The minimum atomic E-state index is -0.248. The highest BCUT2D eigenvalue weighted by Crippen LogP contribution is 2.24. The van der Waals surface area contributed by atoms with Gasteiger partial charge in [-0.25, -0.2) is 10.4 Å². The van der Waals surface area contributed by atoms with Gasteiger partial charge in [0.25, 0.3) is 5.91 Å². The number of rotatable bonds is 4. The number of nitrogens with one attached hydrogen (secondary N) is 1. The molecule has 4 aromatic rings. The first-order chi connectivity index (χ1) is 13.2. The predicted molar refractivity (Wildman–Crippen MR) is 111 cm³/mol. The third-order valence-electron chi connectivity index (χ3n) is 4.23. The van der Waals surface area contributed by atoms with Crippen molar-refractivity contribution < 1.29 is 4.79 Å². The number of carbonyl (C=O) groups excluding carboxylic acids is 1. The molecule has 0 atom stereocenters. The molecule has 1 N–H and O–H groups in total. The first kappa shape index (κ1) is 17.1. The summed E-state index contributed by atoms with van der Waals surface area (Å²) in [6.45, 7) is 1.88. The van der Waals surface area contributed by atoms with Crippen LogP contribution in [0.25, 0.3) is 22.2 Å². The summed E-state index contributed by atoms with van der Waals surface area (Å²) in [6, 6.07) is 23.3. The Balaban J connectivity index is 1.73. The number of amides is 1. The van der Waals surface area contributed by atoms with E-state index in [-0.39, 0.29) is 5.91 Å². The zero-order valence-electron chi connectivity index (χ0n) is 14.7. The Hall–Kier alpha value is -3.31. The third kappa shape index (κ3) is 3.64. The molecule has 27 heavy (non-hydrogen) atoms. The molecule has 0 bridgehead atoms. The summed E-state index contributed by atoms with van der Waals surface area (Å²) in [5, 5.41) is 7.05. The molecule has 0 unspecified atom stereocenters. The highest BCUT2D eigenvalue weighted by Gasteiger charge is 2.13. The second-order valence-electron chi connectivity index (χ2n) is 6.05. The number of benzene rings is 2. The molecule has 4 nitrogen and oxygen atoms in total. The highest BCUT2D eigenvalue weighted by atomic mass is 32.1. The minimum Gasteiger partial charge on any atom is -0.267 e. The van der Waals surface area contributed by atoms with Crippen molar-refractivity contribution in [2.45, 2.75) is 6.92 Å². The van der Waals surface area contributed by atoms with E-state index < -0.39 is 0 Å². The molecule has 0 saturated carbocycles. The topological polar surface area (TPSA) is 54.4 Å². The number of aromatic nitrogens is 1. The van der Waals surface area contributed by atoms with Crippen LogP contribution in [0.15, 0.2) is 83.3 Å². The van der Waals surface area contributed by atoms with E-state index in [1.54, 1.807) is 11.3 Å². The average Bonchev–Trinajstić information content (AvgIpc) is 3.26. The van der Waals surface area contributed by atoms with Gasteiger partial charge in [0.05, 0.1) is 22.5 Å². The molecule has 2 aromatic heterocycles. The number of hydrogen-bond acceptors (Lipinski definition) is 4. The summed E-state index contributed by atoms with van der Waals surface area (Å²) in [7, 11) is 0. The van der Waals surface area contributed by atoms with Crippen LogP contribution >= 0.6 is 11.3 Å². The van der Waals surface area contributed by atoms with Gasteiger partial charge in [0.2, 0.25) is 0 Å². The molecular formula is C22H17N3OS. The van der Waals surface area contributed by atoms with Gasteiger partial charge in [0.1, 0.15) is 0 Å². The molecule has 132 valence electrons. The molecule has 1 amide bonds. The van der Waals surface area contributed by atoms with Crippen LogP contribution in [-0.2, 0) is 0 Å². The van der Waals surface area contributed by atoms with E-state index in [1.807, 2.05) is 85.1 Å². The Bertz CT molecular complexity index is 1120. The van der Waals surface area contributed by atoms with Crippen LogP contribution in [0.4, 0.5) is 0 Å². The zero-order valence-corrected chi connectivity index (χ0v) is 15.5.